The van der Waals surface area contributed by atoms with Gasteiger partial charge in [0.25, 0.3) is 0 Å². The van der Waals surface area contributed by atoms with Crippen LogP contribution >= 0.6 is 23.4 Å². The number of halogens is 4. The van der Waals surface area contributed by atoms with E-state index >= 15 is 0 Å². The Morgan fingerprint density at radius 2 is 1.92 bits per heavy atom. The third-order valence-electron chi connectivity index (χ3n) is 5.96. The summed E-state index contributed by atoms with van der Waals surface area (Å²) in [7, 11) is -1.01. The van der Waals surface area contributed by atoms with Crippen LogP contribution in [0.1, 0.15) is 30.9 Å². The van der Waals surface area contributed by atoms with Crippen molar-refractivity contribution in [3.05, 3.63) is 76.9 Å². The molecule has 4 N–H and O–H groups in total. The monoisotopic (exact) mass is 555 g/mol. The molecule has 11 heteroatoms. The van der Waals surface area contributed by atoms with Gasteiger partial charge in [0.1, 0.15) is 0 Å². The van der Waals surface area contributed by atoms with Crippen molar-refractivity contribution < 1.29 is 22.5 Å². The van der Waals surface area contributed by atoms with Crippen LogP contribution in [0, 0.1) is 0 Å². The summed E-state index contributed by atoms with van der Waals surface area (Å²) in [5.41, 5.74) is -0.209. The van der Waals surface area contributed by atoms with Crippen LogP contribution in [0.2, 0.25) is 5.02 Å². The van der Waals surface area contributed by atoms with Gasteiger partial charge in [0.05, 0.1) is 22.1 Å². The van der Waals surface area contributed by atoms with E-state index < -0.39 is 22.8 Å². The molecule has 36 heavy (non-hydrogen) atoms. The number of alkyl halides is 3. The smallest absolute Gasteiger partial charge is 0.376 e. The Labute approximate surface area is 219 Å². The molecule has 1 saturated carbocycles. The van der Waals surface area contributed by atoms with Gasteiger partial charge in [-0.05, 0) is 55.2 Å². The number of rotatable bonds is 5. The van der Waals surface area contributed by atoms with Crippen molar-refractivity contribution in [1.29, 1.82) is 0 Å². The van der Waals surface area contributed by atoms with E-state index in [0.717, 1.165) is 35.9 Å². The molecule has 2 aromatic carbocycles. The molecule has 0 bridgehead atoms. The molecular weight excluding hydrogens is 531 g/mol. The first kappa shape index (κ1) is 26.9. The lowest BCUT2D eigenvalue weighted by atomic mass is 9.94. The van der Waals surface area contributed by atoms with E-state index in [1.807, 2.05) is 42.5 Å². The third-order valence-corrected chi connectivity index (χ3v) is 8.70. The van der Waals surface area contributed by atoms with Crippen LogP contribution in [-0.2, 0) is 23.0 Å². The molecule has 0 saturated heterocycles. The number of fused-ring (bicyclic) bond motifs is 1. The van der Waals surface area contributed by atoms with E-state index in [4.69, 9.17) is 16.7 Å². The Bertz CT molecular complexity index is 1270. The molecule has 0 radical (unpaired) electrons. The second-order valence-electron chi connectivity index (χ2n) is 8.76. The summed E-state index contributed by atoms with van der Waals surface area (Å²) in [6.07, 6.45) is -0.667. The summed E-state index contributed by atoms with van der Waals surface area (Å²) in [5.74, 6) is 0. The summed E-state index contributed by atoms with van der Waals surface area (Å²) in [6.45, 7) is 0.747. The fourth-order valence-electron chi connectivity index (χ4n) is 3.63. The van der Waals surface area contributed by atoms with Gasteiger partial charge in [-0.1, -0.05) is 53.7 Å². The summed E-state index contributed by atoms with van der Waals surface area (Å²) < 4.78 is 49.9. The Morgan fingerprint density at radius 1 is 1.19 bits per heavy atom. The lowest BCUT2D eigenvalue weighted by molar-refractivity contribution is -0.258. The van der Waals surface area contributed by atoms with Crippen molar-refractivity contribution in [3.8, 4) is 11.3 Å². The lowest BCUT2D eigenvalue weighted by Gasteiger charge is -2.26. The number of thioether (sulfide) groups is 1. The van der Waals surface area contributed by atoms with Crippen LogP contribution in [-0.4, -0.2) is 31.1 Å². The van der Waals surface area contributed by atoms with Crippen molar-refractivity contribution in [1.82, 2.24) is 4.98 Å². The number of benzene rings is 2. The number of nitrogens with one attached hydrogen (secondary N) is 1. The summed E-state index contributed by atoms with van der Waals surface area (Å²) in [6, 6.07) is 15.7. The molecule has 2 aliphatic rings. The quantitative estimate of drug-likeness (QED) is 0.358. The van der Waals surface area contributed by atoms with Gasteiger partial charge in [0.2, 0.25) is 0 Å². The first-order valence-corrected chi connectivity index (χ1v) is 13.7. The molecule has 1 aliphatic heterocycles. The Morgan fingerprint density at radius 3 is 2.53 bits per heavy atom. The fraction of sp³-hybridized carbons (Fsp3) is 0.320. The molecule has 2 heterocycles. The van der Waals surface area contributed by atoms with Gasteiger partial charge in [0, 0.05) is 39.0 Å². The highest BCUT2D eigenvalue weighted by atomic mass is 35.5. The van der Waals surface area contributed by atoms with Crippen LogP contribution in [0.3, 0.4) is 0 Å². The van der Waals surface area contributed by atoms with Gasteiger partial charge in [-0.15, -0.1) is 0 Å². The van der Waals surface area contributed by atoms with Crippen LogP contribution < -0.4 is 10.5 Å². The minimum Gasteiger partial charge on any atom is -0.376 e. The number of nitrogens with zero attached hydrogens (tertiary/aromatic N) is 1. The number of hydrogen-bond acceptors (Lipinski definition) is 5. The molecule has 0 spiro atoms. The van der Waals surface area contributed by atoms with E-state index in [1.54, 1.807) is 11.8 Å². The van der Waals surface area contributed by atoms with Gasteiger partial charge in [-0.2, -0.15) is 13.2 Å². The largest absolute Gasteiger partial charge is 0.421 e. The van der Waals surface area contributed by atoms with E-state index in [9.17, 15) is 22.5 Å². The zero-order valence-electron chi connectivity index (χ0n) is 19.3. The Kier molecular flexibility index (Phi) is 8.01. The molecule has 3 atom stereocenters. The highest BCUT2D eigenvalue weighted by Crippen LogP contribution is 2.46. The maximum absolute atomic E-state index is 13.3. The minimum atomic E-state index is -4.79. The van der Waals surface area contributed by atoms with Crippen LogP contribution in [0.4, 0.5) is 18.9 Å². The molecule has 5 nitrogen and oxygen atoms in total. The van der Waals surface area contributed by atoms with Crippen molar-refractivity contribution in [2.24, 2.45) is 5.14 Å². The highest BCUT2D eigenvalue weighted by molar-refractivity contribution is 8.00. The number of hydrogen-bond donors (Lipinski definition) is 3. The molecule has 1 aliphatic carbocycles. The van der Waals surface area contributed by atoms with Crippen LogP contribution in [0.15, 0.2) is 65.7 Å². The Hall–Kier alpha value is -2.11. The predicted octanol–water partition coefficient (Wildman–Crippen LogP) is 6.03. The maximum Gasteiger partial charge on any atom is 0.421 e. The average molecular weight is 556 g/mol. The first-order chi connectivity index (χ1) is 17.0. The van der Waals surface area contributed by atoms with E-state index in [1.165, 1.54) is 18.3 Å². The normalized spacial score (nSPS) is 19.4. The summed E-state index contributed by atoms with van der Waals surface area (Å²) >= 11 is 7.86. The Balaban J connectivity index is 0.000000445. The average Bonchev–Trinajstić information content (AvgIpc) is 3.60. The maximum atomic E-state index is 13.3. The molecule has 1 aromatic heterocycles. The molecular formula is C25H25ClF3N3O2S2. The van der Waals surface area contributed by atoms with E-state index in [0.29, 0.717) is 28.0 Å². The SMILES string of the molecule is CC(O)(c1ccnc(-c2cccc3c2SC(Cc2ccccc2Cl)N3)c1)C(F)(F)F.NS(=O)C1CC1. The highest BCUT2D eigenvalue weighted by Gasteiger charge is 2.51. The standard InChI is InChI=1S/C22H18ClF3N2OS.C3H7NOS/c1-21(29,22(24,25)26)14-9-10-27-18(12-14)15-6-4-8-17-20(15)30-19(28-17)11-13-5-2-3-7-16(13)23;4-6(5)3-1-2-3/h2-10,12,19,28-29H,11H2,1H3;3H,1-2,4H2. The fourth-order valence-corrected chi connectivity index (χ4v) is 5.73. The van der Waals surface area contributed by atoms with Crippen LogP contribution in [0.25, 0.3) is 11.3 Å². The van der Waals surface area contributed by atoms with Crippen molar-refractivity contribution >= 4 is 40.0 Å². The zero-order valence-corrected chi connectivity index (χ0v) is 21.6. The lowest BCUT2D eigenvalue weighted by Crippen LogP contribution is -2.39. The van der Waals surface area contributed by atoms with Crippen LogP contribution in [0.5, 0.6) is 0 Å². The second-order valence-corrected chi connectivity index (χ2v) is 11.7. The predicted molar refractivity (Wildman–Crippen MR) is 139 cm³/mol. The summed E-state index contributed by atoms with van der Waals surface area (Å²) in [4.78, 5) is 5.17. The van der Waals surface area contributed by atoms with Crippen molar-refractivity contribution in [2.75, 3.05) is 5.32 Å². The first-order valence-electron chi connectivity index (χ1n) is 11.2. The third kappa shape index (κ3) is 6.06. The molecule has 0 amide bonds. The van der Waals surface area contributed by atoms with Gasteiger partial charge in [-0.3, -0.25) is 10.1 Å². The molecule has 5 rings (SSSR count). The van der Waals surface area contributed by atoms with Gasteiger partial charge in [0.15, 0.2) is 5.60 Å². The van der Waals surface area contributed by atoms with Crippen molar-refractivity contribution in [3.63, 3.8) is 0 Å². The molecule has 1 fully saturated rings. The minimum absolute atomic E-state index is 0.0301. The van der Waals surface area contributed by atoms with Gasteiger partial charge in [-0.25, -0.2) is 4.21 Å². The zero-order chi connectivity index (χ0) is 26.1. The number of anilines is 1. The number of nitrogens with two attached hydrogens (primary N) is 1. The molecule has 192 valence electrons. The second kappa shape index (κ2) is 10.7. The molecule has 3 unspecified atom stereocenters. The topological polar surface area (TPSA) is 88.2 Å². The van der Waals surface area contributed by atoms with Crippen molar-refractivity contribution in [2.45, 2.75) is 53.5 Å². The summed E-state index contributed by atoms with van der Waals surface area (Å²) in [5, 5.41) is 19.5. The number of aliphatic hydroxyl groups is 1. The van der Waals surface area contributed by atoms with Gasteiger partial charge < -0.3 is 10.4 Å². The van der Waals surface area contributed by atoms with E-state index in [2.05, 4.69) is 10.3 Å². The van der Waals surface area contributed by atoms with E-state index in [-0.39, 0.29) is 10.9 Å². The van der Waals surface area contributed by atoms with Gasteiger partial charge >= 0.3 is 6.18 Å². The number of pyridine rings is 1. The molecule has 3 aromatic rings. The number of aromatic nitrogens is 1.